The number of rotatable bonds is 5. The van der Waals surface area contributed by atoms with Crippen molar-refractivity contribution >= 4 is 64.2 Å². The molecule has 0 unspecified atom stereocenters. The van der Waals surface area contributed by atoms with E-state index in [0.29, 0.717) is 26.2 Å². The summed E-state index contributed by atoms with van der Waals surface area (Å²) in [4.78, 5) is 25.8. The van der Waals surface area contributed by atoms with Gasteiger partial charge in [0.25, 0.3) is 5.91 Å². The molecular formula is C23H19BrLiN5O3S2. The van der Waals surface area contributed by atoms with Gasteiger partial charge in [-0.15, -0.1) is 5.69 Å². The Morgan fingerprint density at radius 1 is 1.00 bits per heavy atom. The Kier molecular flexibility index (Phi) is 7.83. The molecule has 4 aromatic rings. The number of carbonyl (C=O) groups is 1. The first-order valence-corrected chi connectivity index (χ1v) is 13.5. The van der Waals surface area contributed by atoms with E-state index in [1.807, 2.05) is 12.1 Å². The number of pyridine rings is 1. The number of benzene rings is 2. The second-order valence-corrected chi connectivity index (χ2v) is 11.1. The molecule has 0 radical (unpaired) electrons. The fraction of sp³-hybridized carbons (Fsp3) is 0.174. The van der Waals surface area contributed by atoms with Crippen LogP contribution in [0.5, 0.6) is 0 Å². The summed E-state index contributed by atoms with van der Waals surface area (Å²) in [5.74, 6) is -0.247. The summed E-state index contributed by atoms with van der Waals surface area (Å²) in [5, 5.41) is 0.769. The van der Waals surface area contributed by atoms with Crippen LogP contribution < -0.4 is 23.8 Å². The molecule has 2 aromatic carbocycles. The molecule has 1 fully saturated rings. The number of hydrogen-bond donors (Lipinski definition) is 0. The fourth-order valence-electron chi connectivity index (χ4n) is 3.70. The Balaban J connectivity index is 0.00000289. The van der Waals surface area contributed by atoms with Gasteiger partial charge in [0.15, 0.2) is 5.13 Å². The SMILES string of the molecule is O=C(c1ccccc1[N-]S(=O)(=O)c1ccccn1)N1CCN(c2nc3ccc(Br)cc3s2)CC1.[Li+]. The van der Waals surface area contributed by atoms with Crippen molar-refractivity contribution in [2.24, 2.45) is 0 Å². The van der Waals surface area contributed by atoms with Crippen LogP contribution in [0.25, 0.3) is 14.9 Å². The Morgan fingerprint density at radius 3 is 2.49 bits per heavy atom. The number of hydrogen-bond acceptors (Lipinski definition) is 7. The van der Waals surface area contributed by atoms with E-state index >= 15 is 0 Å². The summed E-state index contributed by atoms with van der Waals surface area (Å²) in [5.41, 5.74) is 1.31. The largest absolute Gasteiger partial charge is 1.00 e. The normalized spacial score (nSPS) is 14.0. The monoisotopic (exact) mass is 563 g/mol. The molecule has 1 aliphatic heterocycles. The minimum atomic E-state index is -4.04. The molecule has 35 heavy (non-hydrogen) atoms. The second kappa shape index (κ2) is 10.7. The topological polar surface area (TPSA) is 97.6 Å². The van der Waals surface area contributed by atoms with Gasteiger partial charge < -0.3 is 14.5 Å². The van der Waals surface area contributed by atoms with E-state index in [1.165, 1.54) is 18.3 Å². The van der Waals surface area contributed by atoms with E-state index in [1.54, 1.807) is 46.6 Å². The van der Waals surface area contributed by atoms with E-state index in [-0.39, 0.29) is 41.0 Å². The van der Waals surface area contributed by atoms with Crippen LogP contribution in [-0.2, 0) is 10.0 Å². The number of piperazine rings is 1. The van der Waals surface area contributed by atoms with Gasteiger partial charge in [0.05, 0.1) is 10.2 Å². The van der Waals surface area contributed by atoms with Crippen molar-refractivity contribution in [3.05, 3.63) is 81.6 Å². The van der Waals surface area contributed by atoms with Gasteiger partial charge >= 0.3 is 18.9 Å². The number of nitrogens with zero attached hydrogens (tertiary/aromatic N) is 5. The van der Waals surface area contributed by atoms with Crippen molar-refractivity contribution in [1.82, 2.24) is 14.9 Å². The van der Waals surface area contributed by atoms with Gasteiger partial charge in [-0.05, 0) is 30.3 Å². The average Bonchev–Trinajstić information content (AvgIpc) is 3.28. The van der Waals surface area contributed by atoms with Gasteiger partial charge in [-0.2, -0.15) is 0 Å². The number of amides is 1. The maximum atomic E-state index is 13.3. The van der Waals surface area contributed by atoms with Gasteiger partial charge in [0.2, 0.25) is 0 Å². The van der Waals surface area contributed by atoms with E-state index in [2.05, 4.69) is 36.6 Å². The average molecular weight is 564 g/mol. The number of thiazole rings is 1. The summed E-state index contributed by atoms with van der Waals surface area (Å²) < 4.78 is 31.4. The molecule has 0 spiro atoms. The zero-order valence-corrected chi connectivity index (χ0v) is 22.1. The van der Waals surface area contributed by atoms with Gasteiger partial charge in [0, 0.05) is 42.4 Å². The minimum Gasteiger partial charge on any atom is -0.571 e. The Labute approximate surface area is 227 Å². The molecule has 3 heterocycles. The number of anilines is 1. The Hall–Kier alpha value is -2.42. The molecule has 1 aliphatic rings. The fourth-order valence-corrected chi connectivity index (χ4v) is 6.23. The predicted molar refractivity (Wildman–Crippen MR) is 136 cm³/mol. The molecule has 0 N–H and O–H groups in total. The molecule has 0 aliphatic carbocycles. The third-order valence-corrected chi connectivity index (χ3v) is 8.21. The molecule has 5 rings (SSSR count). The van der Waals surface area contributed by atoms with Crippen LogP contribution in [0.4, 0.5) is 10.8 Å². The molecule has 0 atom stereocenters. The molecular weight excluding hydrogens is 545 g/mol. The number of sulfonamides is 1. The summed E-state index contributed by atoms with van der Waals surface area (Å²) in [6, 6.07) is 17.1. The summed E-state index contributed by atoms with van der Waals surface area (Å²) in [6.07, 6.45) is 1.39. The van der Waals surface area contributed by atoms with Crippen molar-refractivity contribution in [3.8, 4) is 0 Å². The molecule has 8 nitrogen and oxygen atoms in total. The van der Waals surface area contributed by atoms with Crippen LogP contribution in [-0.4, -0.2) is 55.4 Å². The van der Waals surface area contributed by atoms with Crippen LogP contribution in [0, 0.1) is 0 Å². The summed E-state index contributed by atoms with van der Waals surface area (Å²) >= 11 is 5.12. The van der Waals surface area contributed by atoms with Gasteiger partial charge in [-0.1, -0.05) is 57.6 Å². The van der Waals surface area contributed by atoms with E-state index in [4.69, 9.17) is 4.98 Å². The van der Waals surface area contributed by atoms with Crippen LogP contribution in [0.2, 0.25) is 0 Å². The van der Waals surface area contributed by atoms with Crippen LogP contribution in [0.15, 0.2) is 76.4 Å². The molecule has 1 amide bonds. The first-order valence-electron chi connectivity index (χ1n) is 10.5. The quantitative estimate of drug-likeness (QED) is 0.343. The Morgan fingerprint density at radius 2 is 1.74 bits per heavy atom. The molecule has 2 aromatic heterocycles. The van der Waals surface area contributed by atoms with Crippen molar-refractivity contribution < 1.29 is 32.1 Å². The number of halogens is 1. The van der Waals surface area contributed by atoms with Gasteiger partial charge in [-0.3, -0.25) is 4.79 Å². The zero-order chi connectivity index (χ0) is 23.7. The van der Waals surface area contributed by atoms with Crippen LogP contribution in [0.3, 0.4) is 0 Å². The maximum absolute atomic E-state index is 13.3. The first kappa shape index (κ1) is 25.7. The van der Waals surface area contributed by atoms with Gasteiger partial charge in [-0.25, -0.2) is 18.4 Å². The third kappa shape index (κ3) is 5.55. The summed E-state index contributed by atoms with van der Waals surface area (Å²) in [7, 11) is -4.04. The third-order valence-electron chi connectivity index (χ3n) is 5.43. The Bertz CT molecular complexity index is 1460. The van der Waals surface area contributed by atoms with Crippen LogP contribution >= 0.6 is 27.3 Å². The summed E-state index contributed by atoms with van der Waals surface area (Å²) in [6.45, 7) is 2.27. The number of fused-ring (bicyclic) bond motifs is 1. The molecule has 1 saturated heterocycles. The van der Waals surface area contributed by atoms with E-state index < -0.39 is 10.0 Å². The maximum Gasteiger partial charge on any atom is 1.00 e. The minimum absolute atomic E-state index is 0. The van der Waals surface area contributed by atoms with Gasteiger partial charge in [0.1, 0.15) is 15.0 Å². The van der Waals surface area contributed by atoms with Crippen molar-refractivity contribution in [2.45, 2.75) is 5.03 Å². The van der Waals surface area contributed by atoms with Crippen molar-refractivity contribution in [1.29, 1.82) is 0 Å². The second-order valence-electron chi connectivity index (χ2n) is 7.64. The molecule has 0 bridgehead atoms. The predicted octanol–water partition coefficient (Wildman–Crippen LogP) is 1.81. The van der Waals surface area contributed by atoms with E-state index in [9.17, 15) is 13.2 Å². The number of carbonyl (C=O) groups excluding carboxylic acids is 1. The standard InChI is InChI=1S/C23H20BrN5O3S2.Li/c24-16-8-9-19-20(15-16)33-23(26-19)29-13-11-28(12-14-29)22(30)17-5-1-2-6-18(17)27-34(31,32)21-7-3-4-10-25-21;/h1-10,15H,11-14H2,(H,27,30);/q;+1/p-1. The zero-order valence-electron chi connectivity index (χ0n) is 18.8. The van der Waals surface area contributed by atoms with Crippen LogP contribution in [0.1, 0.15) is 10.4 Å². The molecule has 0 saturated carbocycles. The van der Waals surface area contributed by atoms with E-state index in [0.717, 1.165) is 19.8 Å². The van der Waals surface area contributed by atoms with Crippen molar-refractivity contribution in [2.75, 3.05) is 31.1 Å². The molecule has 12 heteroatoms. The molecule has 174 valence electrons. The van der Waals surface area contributed by atoms with Crippen molar-refractivity contribution in [3.63, 3.8) is 0 Å². The number of aromatic nitrogens is 2. The first-order chi connectivity index (χ1) is 16.4. The smallest absolute Gasteiger partial charge is 0.571 e.